The van der Waals surface area contributed by atoms with E-state index in [1.54, 1.807) is 49.6 Å². The van der Waals surface area contributed by atoms with Crippen molar-refractivity contribution in [2.24, 2.45) is 0 Å². The molecular formula is C17H17NO5S. The first-order valence-electron chi connectivity index (χ1n) is 7.30. The minimum atomic E-state index is -0.545. The predicted molar refractivity (Wildman–Crippen MR) is 90.4 cm³/mol. The molecule has 1 heterocycles. The maximum Gasteiger partial charge on any atom is 0.349 e. The van der Waals surface area contributed by atoms with E-state index in [2.05, 4.69) is 5.32 Å². The molecule has 0 aliphatic carbocycles. The van der Waals surface area contributed by atoms with Crippen molar-refractivity contribution in [2.75, 3.05) is 18.5 Å². The van der Waals surface area contributed by atoms with Crippen LogP contribution < -0.4 is 5.32 Å². The number of para-hydroxylation sites is 1. The van der Waals surface area contributed by atoms with Crippen molar-refractivity contribution in [1.29, 1.82) is 0 Å². The summed E-state index contributed by atoms with van der Waals surface area (Å²) < 4.78 is 9.93. The molecule has 0 saturated carbocycles. The number of amides is 1. The Balaban J connectivity index is 1.97. The topological polar surface area (TPSA) is 81.7 Å². The molecule has 1 aromatic heterocycles. The molecule has 0 radical (unpaired) electrons. The summed E-state index contributed by atoms with van der Waals surface area (Å²) in [6.45, 7) is 3.29. The van der Waals surface area contributed by atoms with Gasteiger partial charge in [0.1, 0.15) is 4.88 Å². The Morgan fingerprint density at radius 2 is 1.83 bits per heavy atom. The number of hydrogen-bond donors (Lipinski definition) is 1. The molecule has 0 saturated heterocycles. The van der Waals surface area contributed by atoms with Gasteiger partial charge in [-0.15, -0.1) is 11.3 Å². The van der Waals surface area contributed by atoms with E-state index < -0.39 is 24.5 Å². The SMILES string of the molecule is CCOC(=O)c1ccccc1NC(=O)COC(=O)c1sccc1C. The zero-order valence-corrected chi connectivity index (χ0v) is 14.1. The number of aryl methyl sites for hydroxylation is 1. The molecular weight excluding hydrogens is 330 g/mol. The Morgan fingerprint density at radius 1 is 1.08 bits per heavy atom. The lowest BCUT2D eigenvalue weighted by atomic mass is 10.2. The van der Waals surface area contributed by atoms with Crippen LogP contribution >= 0.6 is 11.3 Å². The molecule has 1 amide bonds. The van der Waals surface area contributed by atoms with E-state index in [1.807, 2.05) is 0 Å². The lowest BCUT2D eigenvalue weighted by Gasteiger charge is -2.10. The highest BCUT2D eigenvalue weighted by molar-refractivity contribution is 7.12. The van der Waals surface area contributed by atoms with E-state index in [1.165, 1.54) is 11.3 Å². The highest BCUT2D eigenvalue weighted by Gasteiger charge is 2.16. The zero-order chi connectivity index (χ0) is 17.5. The van der Waals surface area contributed by atoms with Crippen LogP contribution in [0.5, 0.6) is 0 Å². The first-order chi connectivity index (χ1) is 11.5. The molecule has 0 aliphatic heterocycles. The first-order valence-corrected chi connectivity index (χ1v) is 8.18. The number of carbonyl (C=O) groups is 3. The van der Waals surface area contributed by atoms with Crippen molar-refractivity contribution in [2.45, 2.75) is 13.8 Å². The number of carbonyl (C=O) groups excluding carboxylic acids is 3. The summed E-state index contributed by atoms with van der Waals surface area (Å²) in [5.41, 5.74) is 1.36. The Bertz CT molecular complexity index is 753. The molecule has 0 aliphatic rings. The second-order valence-electron chi connectivity index (χ2n) is 4.82. The van der Waals surface area contributed by atoms with Crippen LogP contribution in [-0.4, -0.2) is 31.1 Å². The Kier molecular flexibility index (Phi) is 6.08. The summed E-state index contributed by atoms with van der Waals surface area (Å²) in [4.78, 5) is 36.2. The van der Waals surface area contributed by atoms with Crippen molar-refractivity contribution in [3.63, 3.8) is 0 Å². The van der Waals surface area contributed by atoms with Crippen LogP contribution in [0, 0.1) is 6.92 Å². The fourth-order valence-electron chi connectivity index (χ4n) is 1.94. The van der Waals surface area contributed by atoms with Crippen LogP contribution in [0.4, 0.5) is 5.69 Å². The van der Waals surface area contributed by atoms with E-state index in [0.29, 0.717) is 10.6 Å². The Hall–Kier alpha value is -2.67. The number of ether oxygens (including phenoxy) is 2. The molecule has 2 aromatic rings. The van der Waals surface area contributed by atoms with Crippen molar-refractivity contribution in [3.05, 3.63) is 51.7 Å². The Labute approximate surface area is 143 Å². The van der Waals surface area contributed by atoms with E-state index in [-0.39, 0.29) is 12.2 Å². The van der Waals surface area contributed by atoms with Crippen molar-refractivity contribution >= 4 is 34.9 Å². The van der Waals surface area contributed by atoms with Gasteiger partial charge in [-0.2, -0.15) is 0 Å². The second kappa shape index (κ2) is 8.26. The van der Waals surface area contributed by atoms with Crippen molar-refractivity contribution in [3.8, 4) is 0 Å². The van der Waals surface area contributed by atoms with Gasteiger partial charge in [-0.1, -0.05) is 12.1 Å². The highest BCUT2D eigenvalue weighted by Crippen LogP contribution is 2.18. The zero-order valence-electron chi connectivity index (χ0n) is 13.3. The average Bonchev–Trinajstić information content (AvgIpc) is 2.99. The summed E-state index contributed by atoms with van der Waals surface area (Å²) in [5, 5.41) is 4.33. The molecule has 6 nitrogen and oxygen atoms in total. The molecule has 0 atom stereocenters. The molecule has 24 heavy (non-hydrogen) atoms. The van der Waals surface area contributed by atoms with Gasteiger partial charge in [0.05, 0.1) is 17.9 Å². The van der Waals surface area contributed by atoms with Gasteiger partial charge in [0, 0.05) is 0 Å². The molecule has 2 rings (SSSR count). The van der Waals surface area contributed by atoms with Crippen LogP contribution in [0.2, 0.25) is 0 Å². The number of anilines is 1. The van der Waals surface area contributed by atoms with Gasteiger partial charge in [0.25, 0.3) is 5.91 Å². The summed E-state index contributed by atoms with van der Waals surface area (Å²) in [6, 6.07) is 8.28. The van der Waals surface area contributed by atoms with Gasteiger partial charge in [-0.25, -0.2) is 9.59 Å². The van der Waals surface area contributed by atoms with E-state index in [9.17, 15) is 14.4 Å². The smallest absolute Gasteiger partial charge is 0.349 e. The second-order valence-corrected chi connectivity index (χ2v) is 5.74. The van der Waals surface area contributed by atoms with Gasteiger partial charge >= 0.3 is 11.9 Å². The van der Waals surface area contributed by atoms with Gasteiger partial charge in [0.15, 0.2) is 6.61 Å². The maximum atomic E-state index is 12.0. The summed E-state index contributed by atoms with van der Waals surface area (Å²) >= 11 is 1.26. The Morgan fingerprint density at radius 3 is 2.50 bits per heavy atom. The quantitative estimate of drug-likeness (QED) is 0.812. The standard InChI is InChI=1S/C17H17NO5S/c1-3-22-16(20)12-6-4-5-7-13(12)18-14(19)10-23-17(21)15-11(2)8-9-24-15/h4-9H,3,10H2,1-2H3,(H,18,19). The normalized spacial score (nSPS) is 10.1. The van der Waals surface area contributed by atoms with Crippen LogP contribution in [-0.2, 0) is 14.3 Å². The molecule has 1 N–H and O–H groups in total. The molecule has 7 heteroatoms. The maximum absolute atomic E-state index is 12.0. The van der Waals surface area contributed by atoms with E-state index in [0.717, 1.165) is 5.56 Å². The number of rotatable bonds is 6. The van der Waals surface area contributed by atoms with Crippen LogP contribution in [0.25, 0.3) is 0 Å². The van der Waals surface area contributed by atoms with Gasteiger partial charge < -0.3 is 14.8 Å². The van der Waals surface area contributed by atoms with Crippen LogP contribution in [0.1, 0.15) is 32.5 Å². The number of esters is 2. The molecule has 0 spiro atoms. The molecule has 126 valence electrons. The van der Waals surface area contributed by atoms with Crippen molar-refractivity contribution < 1.29 is 23.9 Å². The van der Waals surface area contributed by atoms with Crippen LogP contribution in [0.3, 0.4) is 0 Å². The van der Waals surface area contributed by atoms with Crippen LogP contribution in [0.15, 0.2) is 35.7 Å². The molecule has 0 unspecified atom stereocenters. The molecule has 0 fully saturated rings. The largest absolute Gasteiger partial charge is 0.462 e. The number of thiophene rings is 1. The van der Waals surface area contributed by atoms with Gasteiger partial charge in [0.2, 0.25) is 0 Å². The third-order valence-corrected chi connectivity index (χ3v) is 4.07. The summed E-state index contributed by atoms with van der Waals surface area (Å²) in [5.74, 6) is -1.61. The average molecular weight is 347 g/mol. The third kappa shape index (κ3) is 4.42. The number of nitrogens with one attached hydrogen (secondary N) is 1. The first kappa shape index (κ1) is 17.7. The third-order valence-electron chi connectivity index (χ3n) is 3.08. The number of benzene rings is 1. The fourth-order valence-corrected chi connectivity index (χ4v) is 2.76. The van der Waals surface area contributed by atoms with E-state index >= 15 is 0 Å². The fraction of sp³-hybridized carbons (Fsp3) is 0.235. The molecule has 1 aromatic carbocycles. The molecule has 0 bridgehead atoms. The number of hydrogen-bond acceptors (Lipinski definition) is 6. The lowest BCUT2D eigenvalue weighted by Crippen LogP contribution is -2.22. The predicted octanol–water partition coefficient (Wildman–Crippen LogP) is 3.03. The lowest BCUT2D eigenvalue weighted by molar-refractivity contribution is -0.119. The minimum absolute atomic E-state index is 0.235. The highest BCUT2D eigenvalue weighted by atomic mass is 32.1. The minimum Gasteiger partial charge on any atom is -0.462 e. The van der Waals surface area contributed by atoms with Crippen molar-refractivity contribution in [1.82, 2.24) is 0 Å². The summed E-state index contributed by atoms with van der Waals surface area (Å²) in [7, 11) is 0. The summed E-state index contributed by atoms with van der Waals surface area (Å²) in [6.07, 6.45) is 0. The van der Waals surface area contributed by atoms with Gasteiger partial charge in [-0.05, 0) is 43.0 Å². The monoisotopic (exact) mass is 347 g/mol. The van der Waals surface area contributed by atoms with Gasteiger partial charge in [-0.3, -0.25) is 4.79 Å². The van der Waals surface area contributed by atoms with E-state index in [4.69, 9.17) is 9.47 Å².